The minimum absolute atomic E-state index is 0.0475. The van der Waals surface area contributed by atoms with Gasteiger partial charge in [-0.2, -0.15) is 22.0 Å². The van der Waals surface area contributed by atoms with E-state index in [4.69, 9.17) is 4.74 Å². The van der Waals surface area contributed by atoms with E-state index in [0.717, 1.165) is 25.7 Å². The molecule has 0 heterocycles. The minimum atomic E-state index is -4.28. The smallest absolute Gasteiger partial charge is 0.317 e. The first kappa shape index (κ1) is 21.3. The summed E-state index contributed by atoms with van der Waals surface area (Å²) in [6.45, 7) is 0. The van der Waals surface area contributed by atoms with Crippen LogP contribution < -0.4 is 0 Å². The Morgan fingerprint density at radius 2 is 1.30 bits per heavy atom. The molecule has 3 aliphatic carbocycles. The van der Waals surface area contributed by atoms with Crippen molar-refractivity contribution in [2.75, 3.05) is 0 Å². The number of hydrogen-bond donors (Lipinski definition) is 0. The highest BCUT2D eigenvalue weighted by atomic mass is 19.4. The van der Waals surface area contributed by atoms with Crippen LogP contribution in [0.15, 0.2) is 0 Å². The molecule has 3 fully saturated rings. The van der Waals surface area contributed by atoms with E-state index in [1.54, 1.807) is 0 Å². The summed E-state index contributed by atoms with van der Waals surface area (Å²) in [4.78, 5) is 0. The van der Waals surface area contributed by atoms with Crippen LogP contribution in [0.1, 0.15) is 77.0 Å². The van der Waals surface area contributed by atoms with Crippen molar-refractivity contribution in [2.24, 2.45) is 23.7 Å². The Kier molecular flexibility index (Phi) is 6.69. The summed E-state index contributed by atoms with van der Waals surface area (Å²) in [6, 6.07) is 0. The summed E-state index contributed by atoms with van der Waals surface area (Å²) in [5.74, 6) is -2.29. The van der Waals surface area contributed by atoms with Crippen LogP contribution in [0.3, 0.4) is 0 Å². The van der Waals surface area contributed by atoms with Crippen molar-refractivity contribution in [2.45, 2.75) is 102 Å². The molecular formula is C20H30F6O. The van der Waals surface area contributed by atoms with Gasteiger partial charge in [0.2, 0.25) is 0 Å². The van der Waals surface area contributed by atoms with Gasteiger partial charge in [0.05, 0.1) is 17.9 Å². The van der Waals surface area contributed by atoms with Crippen molar-refractivity contribution in [3.63, 3.8) is 0 Å². The van der Waals surface area contributed by atoms with Gasteiger partial charge >= 0.3 is 12.3 Å². The maximum atomic E-state index is 14.6. The quantitative estimate of drug-likeness (QED) is 0.459. The summed E-state index contributed by atoms with van der Waals surface area (Å²) in [6.07, 6.45) is -4.43. The van der Waals surface area contributed by atoms with Crippen LogP contribution >= 0.6 is 0 Å². The first-order valence-electron chi connectivity index (χ1n) is 10.4. The van der Waals surface area contributed by atoms with Crippen LogP contribution in [-0.4, -0.2) is 24.6 Å². The molecular weight excluding hydrogens is 370 g/mol. The van der Waals surface area contributed by atoms with Crippen LogP contribution in [0.4, 0.5) is 26.3 Å². The van der Waals surface area contributed by atoms with Crippen LogP contribution in [0.5, 0.6) is 0 Å². The van der Waals surface area contributed by atoms with Gasteiger partial charge in [-0.25, -0.2) is 4.39 Å². The van der Waals surface area contributed by atoms with Gasteiger partial charge in [-0.05, 0) is 56.8 Å². The molecule has 3 unspecified atom stereocenters. The highest BCUT2D eigenvalue weighted by Gasteiger charge is 2.51. The summed E-state index contributed by atoms with van der Waals surface area (Å²) < 4.78 is 86.7. The molecule has 3 atom stereocenters. The van der Waals surface area contributed by atoms with Crippen molar-refractivity contribution >= 4 is 0 Å². The Hall–Kier alpha value is -0.460. The fraction of sp³-hybridized carbons (Fsp3) is 1.00. The van der Waals surface area contributed by atoms with E-state index in [1.165, 1.54) is 6.42 Å². The van der Waals surface area contributed by atoms with Gasteiger partial charge in [0.25, 0.3) is 0 Å². The predicted molar refractivity (Wildman–Crippen MR) is 90.1 cm³/mol. The fourth-order valence-corrected chi connectivity index (χ4v) is 5.38. The molecule has 1 nitrogen and oxygen atoms in total. The summed E-state index contributed by atoms with van der Waals surface area (Å²) in [5, 5.41) is 0. The molecule has 158 valence electrons. The third-order valence-corrected chi connectivity index (χ3v) is 7.02. The number of rotatable bonds is 4. The molecule has 0 radical (unpaired) electrons. The second kappa shape index (κ2) is 8.50. The number of alkyl halides is 6. The monoisotopic (exact) mass is 400 g/mol. The second-order valence-corrected chi connectivity index (χ2v) is 8.79. The highest BCUT2D eigenvalue weighted by molar-refractivity contribution is 4.89. The zero-order valence-electron chi connectivity index (χ0n) is 15.6. The Morgan fingerprint density at radius 1 is 0.667 bits per heavy atom. The first-order chi connectivity index (χ1) is 12.7. The normalized spacial score (nSPS) is 37.3. The molecule has 27 heavy (non-hydrogen) atoms. The molecule has 3 aliphatic rings. The van der Waals surface area contributed by atoms with Gasteiger partial charge < -0.3 is 4.74 Å². The number of hydrogen-bond acceptors (Lipinski definition) is 1. The third-order valence-electron chi connectivity index (χ3n) is 7.02. The molecule has 0 bridgehead atoms. The predicted octanol–water partition coefficient (Wildman–Crippen LogP) is 7.05. The fourth-order valence-electron chi connectivity index (χ4n) is 5.38. The maximum Gasteiger partial charge on any atom is 0.391 e. The zero-order valence-corrected chi connectivity index (χ0v) is 15.6. The van der Waals surface area contributed by atoms with Crippen LogP contribution in [0.2, 0.25) is 0 Å². The molecule has 3 saturated carbocycles. The summed E-state index contributed by atoms with van der Waals surface area (Å²) >= 11 is 0. The van der Waals surface area contributed by atoms with Gasteiger partial charge in [0.1, 0.15) is 6.17 Å². The van der Waals surface area contributed by atoms with Crippen molar-refractivity contribution in [3.8, 4) is 0 Å². The lowest BCUT2D eigenvalue weighted by Gasteiger charge is -2.41. The third kappa shape index (κ3) is 5.33. The van der Waals surface area contributed by atoms with Gasteiger partial charge in [-0.15, -0.1) is 0 Å². The van der Waals surface area contributed by atoms with Crippen molar-refractivity contribution in [3.05, 3.63) is 0 Å². The van der Waals surface area contributed by atoms with Gasteiger partial charge in [-0.1, -0.05) is 32.1 Å². The van der Waals surface area contributed by atoms with E-state index in [9.17, 15) is 26.3 Å². The highest BCUT2D eigenvalue weighted by Crippen LogP contribution is 2.47. The lowest BCUT2D eigenvalue weighted by Crippen LogP contribution is -2.45. The van der Waals surface area contributed by atoms with Gasteiger partial charge in [-0.3, -0.25) is 0 Å². The molecule has 0 aliphatic heterocycles. The van der Waals surface area contributed by atoms with E-state index < -0.39 is 36.4 Å². The van der Waals surface area contributed by atoms with Crippen molar-refractivity contribution < 1.29 is 31.1 Å². The average molecular weight is 400 g/mol. The van der Waals surface area contributed by atoms with Crippen LogP contribution in [0, 0.1) is 23.7 Å². The Bertz CT molecular complexity index is 466. The molecule has 7 heteroatoms. The molecule has 0 aromatic carbocycles. The van der Waals surface area contributed by atoms with E-state index in [-0.39, 0.29) is 44.4 Å². The van der Waals surface area contributed by atoms with Gasteiger partial charge in [0.15, 0.2) is 0 Å². The lowest BCUT2D eigenvalue weighted by atomic mass is 9.70. The van der Waals surface area contributed by atoms with Gasteiger partial charge in [0, 0.05) is 0 Å². The van der Waals surface area contributed by atoms with E-state index >= 15 is 0 Å². The Labute approximate surface area is 157 Å². The standard InChI is InChI=1S/C20H30F6O/c21-18-12-14(13-4-2-1-3-5-13)6-11-17(18)20(25,26)27-16-9-7-15(8-10-16)19(22,23)24/h13-18H,1-12H2. The van der Waals surface area contributed by atoms with E-state index in [2.05, 4.69) is 0 Å². The summed E-state index contributed by atoms with van der Waals surface area (Å²) in [7, 11) is 0. The molecule has 0 saturated heterocycles. The van der Waals surface area contributed by atoms with Crippen molar-refractivity contribution in [1.29, 1.82) is 0 Å². The Morgan fingerprint density at radius 3 is 1.85 bits per heavy atom. The lowest BCUT2D eigenvalue weighted by molar-refractivity contribution is -0.313. The molecule has 3 rings (SSSR count). The van der Waals surface area contributed by atoms with Crippen LogP contribution in [-0.2, 0) is 4.74 Å². The molecule has 0 amide bonds. The zero-order chi connectivity index (χ0) is 19.7. The molecule has 0 aromatic heterocycles. The van der Waals surface area contributed by atoms with E-state index in [0.29, 0.717) is 12.3 Å². The molecule has 0 N–H and O–H groups in total. The molecule has 0 aromatic rings. The number of halogens is 6. The SMILES string of the molecule is FC1CC(C2CCCCC2)CCC1C(F)(F)OC1CCC(C(F)(F)F)CC1. The largest absolute Gasteiger partial charge is 0.391 e. The average Bonchev–Trinajstić information content (AvgIpc) is 2.61. The first-order valence-corrected chi connectivity index (χ1v) is 10.4. The summed E-state index contributed by atoms with van der Waals surface area (Å²) in [5.41, 5.74) is 0. The van der Waals surface area contributed by atoms with Crippen molar-refractivity contribution in [1.82, 2.24) is 0 Å². The maximum absolute atomic E-state index is 14.6. The number of ether oxygens (including phenoxy) is 1. The molecule has 0 spiro atoms. The topological polar surface area (TPSA) is 9.23 Å². The minimum Gasteiger partial charge on any atom is -0.317 e. The second-order valence-electron chi connectivity index (χ2n) is 8.79. The van der Waals surface area contributed by atoms with Crippen LogP contribution in [0.25, 0.3) is 0 Å². The van der Waals surface area contributed by atoms with E-state index in [1.807, 2.05) is 0 Å². The Balaban J connectivity index is 1.50.